The molecule has 0 saturated carbocycles. The van der Waals surface area contributed by atoms with E-state index in [1.807, 2.05) is 0 Å². The van der Waals surface area contributed by atoms with Crippen LogP contribution in [0.4, 0.5) is 0 Å². The van der Waals surface area contributed by atoms with Crippen molar-refractivity contribution in [1.82, 2.24) is 4.90 Å². The van der Waals surface area contributed by atoms with Crippen LogP contribution in [0.3, 0.4) is 0 Å². The van der Waals surface area contributed by atoms with Crippen LogP contribution >= 0.6 is 12.2 Å². The number of rotatable bonds is 5. The molecule has 0 radical (unpaired) electrons. The zero-order valence-electron chi connectivity index (χ0n) is 11.0. The van der Waals surface area contributed by atoms with Gasteiger partial charge in [-0.3, -0.25) is 0 Å². The van der Waals surface area contributed by atoms with Gasteiger partial charge in [0.25, 0.3) is 0 Å². The summed E-state index contributed by atoms with van der Waals surface area (Å²) in [6.45, 7) is 10.4. The first-order chi connectivity index (χ1) is 7.42. The van der Waals surface area contributed by atoms with E-state index in [0.717, 1.165) is 12.3 Å². The van der Waals surface area contributed by atoms with Gasteiger partial charge in [0.2, 0.25) is 0 Å². The van der Waals surface area contributed by atoms with Gasteiger partial charge in [0.05, 0.1) is 4.99 Å². The van der Waals surface area contributed by atoms with Crippen LogP contribution in [0.2, 0.25) is 0 Å². The summed E-state index contributed by atoms with van der Waals surface area (Å²) in [5.74, 6) is 0.873. The maximum Gasteiger partial charge on any atom is 0.0784 e. The summed E-state index contributed by atoms with van der Waals surface area (Å²) in [6, 6.07) is 0. The molecule has 0 aliphatic carbocycles. The number of piperidine rings is 1. The zero-order chi connectivity index (χ0) is 12.2. The molecule has 1 atom stereocenters. The Balaban J connectivity index is 2.22. The number of likely N-dealkylation sites (tertiary alicyclic amines) is 1. The average molecular weight is 242 g/mol. The van der Waals surface area contributed by atoms with Crippen molar-refractivity contribution in [2.45, 2.75) is 46.5 Å². The van der Waals surface area contributed by atoms with Crippen molar-refractivity contribution in [2.24, 2.45) is 17.1 Å². The van der Waals surface area contributed by atoms with Gasteiger partial charge in [0, 0.05) is 12.0 Å². The molecule has 0 spiro atoms. The molecule has 1 rings (SSSR count). The molecule has 16 heavy (non-hydrogen) atoms. The van der Waals surface area contributed by atoms with E-state index in [0.29, 0.717) is 4.99 Å². The number of nitrogens with zero attached hydrogens (tertiary/aromatic N) is 1. The monoisotopic (exact) mass is 242 g/mol. The first kappa shape index (κ1) is 13.9. The van der Waals surface area contributed by atoms with Crippen LogP contribution < -0.4 is 5.73 Å². The molecule has 1 aliphatic heterocycles. The number of nitrogens with two attached hydrogens (primary N) is 1. The minimum Gasteiger partial charge on any atom is -0.393 e. The third kappa shape index (κ3) is 4.38. The van der Waals surface area contributed by atoms with Gasteiger partial charge in [-0.25, -0.2) is 0 Å². The molecule has 0 aromatic rings. The summed E-state index contributed by atoms with van der Waals surface area (Å²) in [7, 11) is 0. The molecule has 0 aromatic carbocycles. The predicted molar refractivity (Wildman–Crippen MR) is 74.6 cm³/mol. The molecule has 1 fully saturated rings. The third-order valence-electron chi connectivity index (χ3n) is 3.68. The molecule has 1 saturated heterocycles. The van der Waals surface area contributed by atoms with Gasteiger partial charge in [-0.15, -0.1) is 0 Å². The molecule has 94 valence electrons. The minimum absolute atomic E-state index is 0.0245. The summed E-state index contributed by atoms with van der Waals surface area (Å²) in [6.07, 6.45) is 5.07. The molecule has 1 heterocycles. The van der Waals surface area contributed by atoms with E-state index in [2.05, 4.69) is 25.7 Å². The number of thiocarbonyl (C=S) groups is 1. The van der Waals surface area contributed by atoms with Gasteiger partial charge in [-0.05, 0) is 44.7 Å². The Kier molecular flexibility index (Phi) is 5.19. The lowest BCUT2D eigenvalue weighted by molar-refractivity contribution is 0.177. The van der Waals surface area contributed by atoms with Gasteiger partial charge < -0.3 is 10.6 Å². The highest BCUT2D eigenvalue weighted by molar-refractivity contribution is 7.80. The van der Waals surface area contributed by atoms with Crippen molar-refractivity contribution in [1.29, 1.82) is 0 Å². The zero-order valence-corrected chi connectivity index (χ0v) is 11.8. The van der Waals surface area contributed by atoms with Gasteiger partial charge in [0.15, 0.2) is 0 Å². The number of hydrogen-bond acceptors (Lipinski definition) is 2. The summed E-state index contributed by atoms with van der Waals surface area (Å²) >= 11 is 5.08. The molecular weight excluding hydrogens is 216 g/mol. The summed E-state index contributed by atoms with van der Waals surface area (Å²) in [4.78, 5) is 3.24. The summed E-state index contributed by atoms with van der Waals surface area (Å²) < 4.78 is 0. The van der Waals surface area contributed by atoms with E-state index in [9.17, 15) is 0 Å². The normalized spacial score (nSPS) is 23.3. The fraction of sp³-hybridized carbons (Fsp3) is 0.923. The molecule has 2 nitrogen and oxygen atoms in total. The van der Waals surface area contributed by atoms with Crippen LogP contribution in [0.25, 0.3) is 0 Å². The van der Waals surface area contributed by atoms with Crippen LogP contribution in [0.5, 0.6) is 0 Å². The van der Waals surface area contributed by atoms with Crippen LogP contribution in [-0.4, -0.2) is 29.5 Å². The Bertz CT molecular complexity index is 238. The fourth-order valence-electron chi connectivity index (χ4n) is 2.36. The van der Waals surface area contributed by atoms with Crippen molar-refractivity contribution in [3.05, 3.63) is 0 Å². The van der Waals surface area contributed by atoms with Crippen LogP contribution in [0, 0.1) is 11.3 Å². The highest BCUT2D eigenvalue weighted by Gasteiger charge is 2.22. The van der Waals surface area contributed by atoms with Gasteiger partial charge in [0.1, 0.15) is 0 Å². The van der Waals surface area contributed by atoms with Crippen LogP contribution in [0.15, 0.2) is 0 Å². The lowest BCUT2D eigenvalue weighted by Crippen LogP contribution is -2.36. The van der Waals surface area contributed by atoms with Crippen molar-refractivity contribution in [2.75, 3.05) is 19.6 Å². The van der Waals surface area contributed by atoms with Crippen molar-refractivity contribution >= 4 is 17.2 Å². The maximum absolute atomic E-state index is 5.73. The molecule has 2 N–H and O–H groups in total. The molecule has 1 unspecified atom stereocenters. The first-order valence-corrected chi connectivity index (χ1v) is 6.85. The Labute approximate surface area is 106 Å². The number of hydrogen-bond donors (Lipinski definition) is 1. The van der Waals surface area contributed by atoms with Crippen molar-refractivity contribution < 1.29 is 0 Å². The van der Waals surface area contributed by atoms with E-state index < -0.39 is 0 Å². The standard InChI is InChI=1S/C13H26N2S/c1-11-6-4-8-15(10-11)9-5-7-13(2,3)12(14)16/h11H,4-10H2,1-3H3,(H2,14,16). The molecule has 1 aliphatic rings. The lowest BCUT2D eigenvalue weighted by Gasteiger charge is -2.32. The minimum atomic E-state index is 0.0245. The lowest BCUT2D eigenvalue weighted by atomic mass is 9.87. The Hall–Kier alpha value is -0.150. The van der Waals surface area contributed by atoms with Crippen LogP contribution in [-0.2, 0) is 0 Å². The Morgan fingerprint density at radius 2 is 2.19 bits per heavy atom. The molecular formula is C13H26N2S. The molecule has 3 heteroatoms. The van der Waals surface area contributed by atoms with E-state index in [-0.39, 0.29) is 5.41 Å². The largest absolute Gasteiger partial charge is 0.393 e. The van der Waals surface area contributed by atoms with E-state index in [1.165, 1.54) is 38.9 Å². The Morgan fingerprint density at radius 3 is 2.75 bits per heavy atom. The third-order valence-corrected chi connectivity index (χ3v) is 4.24. The second-order valence-corrected chi connectivity index (χ2v) is 6.34. The van der Waals surface area contributed by atoms with Gasteiger partial charge in [-0.1, -0.05) is 33.0 Å². The highest BCUT2D eigenvalue weighted by atomic mass is 32.1. The second kappa shape index (κ2) is 5.97. The van der Waals surface area contributed by atoms with E-state index >= 15 is 0 Å². The summed E-state index contributed by atoms with van der Waals surface area (Å²) in [5, 5.41) is 0. The maximum atomic E-state index is 5.73. The fourth-order valence-corrected chi connectivity index (χ4v) is 2.46. The second-order valence-electron chi connectivity index (χ2n) is 5.90. The van der Waals surface area contributed by atoms with Gasteiger partial charge >= 0.3 is 0 Å². The van der Waals surface area contributed by atoms with Crippen molar-refractivity contribution in [3.63, 3.8) is 0 Å². The molecule has 0 bridgehead atoms. The Morgan fingerprint density at radius 1 is 1.50 bits per heavy atom. The average Bonchev–Trinajstić information content (AvgIpc) is 2.17. The SMILES string of the molecule is CC1CCCN(CCCC(C)(C)C(N)=S)C1. The predicted octanol–water partition coefficient (Wildman–Crippen LogP) is 2.81. The quantitative estimate of drug-likeness (QED) is 0.752. The molecule has 0 amide bonds. The smallest absolute Gasteiger partial charge is 0.0784 e. The molecule has 0 aromatic heterocycles. The van der Waals surface area contributed by atoms with Crippen molar-refractivity contribution in [3.8, 4) is 0 Å². The van der Waals surface area contributed by atoms with Crippen LogP contribution in [0.1, 0.15) is 46.5 Å². The topological polar surface area (TPSA) is 29.3 Å². The highest BCUT2D eigenvalue weighted by Crippen LogP contribution is 2.23. The van der Waals surface area contributed by atoms with Gasteiger partial charge in [-0.2, -0.15) is 0 Å². The van der Waals surface area contributed by atoms with E-state index in [1.54, 1.807) is 0 Å². The van der Waals surface area contributed by atoms with E-state index in [4.69, 9.17) is 18.0 Å². The first-order valence-electron chi connectivity index (χ1n) is 6.44. The summed E-state index contributed by atoms with van der Waals surface area (Å²) in [5.41, 5.74) is 5.75.